The highest BCUT2D eigenvalue weighted by Crippen LogP contribution is 2.52. The summed E-state index contributed by atoms with van der Waals surface area (Å²) >= 11 is 13.4. The maximum absolute atomic E-state index is 6.11. The van der Waals surface area contributed by atoms with Gasteiger partial charge in [0.15, 0.2) is 0 Å². The molecule has 0 atom stereocenters. The van der Waals surface area contributed by atoms with E-state index in [4.69, 9.17) is 21.6 Å². The fourth-order valence-electron chi connectivity index (χ4n) is 13.5. The Balaban J connectivity index is 0.000000109. The molecule has 0 unspecified atom stereocenters. The van der Waals surface area contributed by atoms with E-state index in [0.29, 0.717) is 11.2 Å². The van der Waals surface area contributed by atoms with Gasteiger partial charge in [-0.25, -0.2) is 19.9 Å². The summed E-state index contributed by atoms with van der Waals surface area (Å²) in [6.07, 6.45) is 1.06. The van der Waals surface area contributed by atoms with E-state index in [1.54, 1.807) is 22.7 Å². The van der Waals surface area contributed by atoms with Gasteiger partial charge in [-0.1, -0.05) is 224 Å². The Morgan fingerprint density at radius 1 is 0.333 bits per heavy atom. The molecule has 20 rings (SSSR count). The summed E-state index contributed by atoms with van der Waals surface area (Å²) in [5, 5.41) is 15.8. The predicted octanol–water partition coefficient (Wildman–Crippen LogP) is 23.1. The van der Waals surface area contributed by atoms with Crippen LogP contribution in [0.25, 0.3) is 164 Å². The number of nitrogens with zero attached hydrogens (tertiary/aromatic N) is 5. The summed E-state index contributed by atoms with van der Waals surface area (Å²) in [5.41, 5.74) is 14.1. The van der Waals surface area contributed by atoms with E-state index < -0.39 is 0 Å². The molecule has 0 radical (unpaired) electrons. The molecule has 87 heavy (non-hydrogen) atoms. The lowest BCUT2D eigenvalue weighted by Crippen LogP contribution is -2.02. The van der Waals surface area contributed by atoms with Crippen molar-refractivity contribution in [2.75, 3.05) is 0 Å². The van der Waals surface area contributed by atoms with Crippen LogP contribution in [0.4, 0.5) is 0 Å². The summed E-state index contributed by atoms with van der Waals surface area (Å²) in [6, 6.07) is 90.4. The lowest BCUT2D eigenvalue weighted by molar-refractivity contribution is 1.02. The number of rotatable bonds is 3. The van der Waals surface area contributed by atoms with Crippen LogP contribution >= 0.6 is 56.9 Å². The molecule has 408 valence electrons. The third-order valence-corrected chi connectivity index (χ3v) is 22.0. The van der Waals surface area contributed by atoms with E-state index in [1.165, 1.54) is 115 Å². The second-order valence-corrected chi connectivity index (χ2v) is 26.5. The summed E-state index contributed by atoms with van der Waals surface area (Å²) in [6.45, 7) is 0. The minimum absolute atomic E-state index is 0.292. The average Bonchev–Trinajstić information content (AvgIpc) is 1.82. The molecule has 19 aromatic rings. The van der Waals surface area contributed by atoms with Gasteiger partial charge >= 0.3 is 0 Å². The fourth-order valence-corrected chi connectivity index (χ4v) is 18.5. The second-order valence-electron chi connectivity index (χ2n) is 22.0. The minimum Gasteiger partial charge on any atom is -0.276 e. The number of hydrogen-bond acceptors (Lipinski definition) is 8. The number of fused-ring (bicyclic) bond motifs is 26. The molecule has 12 aromatic carbocycles. The minimum atomic E-state index is 0.292. The summed E-state index contributed by atoms with van der Waals surface area (Å²) in [5.74, 6) is 0.704. The highest BCUT2D eigenvalue weighted by atomic mass is 35.5. The third-order valence-electron chi connectivity index (χ3n) is 17.1. The first-order valence-electron chi connectivity index (χ1n) is 28.9. The largest absolute Gasteiger partial charge is 0.276 e. The Morgan fingerprint density at radius 3 is 1.38 bits per heavy atom. The third kappa shape index (κ3) is 7.94. The van der Waals surface area contributed by atoms with Crippen molar-refractivity contribution in [1.82, 2.24) is 24.5 Å². The number of benzene rings is 12. The predicted molar refractivity (Wildman–Crippen MR) is 376 cm³/mol. The van der Waals surface area contributed by atoms with Crippen LogP contribution in [-0.2, 0) is 6.42 Å². The van der Waals surface area contributed by atoms with Gasteiger partial charge in [0.1, 0.15) is 0 Å². The Hall–Kier alpha value is -9.71. The molecule has 1 aliphatic rings. The van der Waals surface area contributed by atoms with Crippen LogP contribution < -0.4 is 0 Å². The van der Waals surface area contributed by atoms with Crippen molar-refractivity contribution in [2.45, 2.75) is 6.42 Å². The molecule has 0 aliphatic heterocycles. The Labute approximate surface area is 518 Å². The number of hydrogen-bond donors (Lipinski definition) is 0. The highest BCUT2D eigenvalue weighted by Gasteiger charge is 2.27. The van der Waals surface area contributed by atoms with Gasteiger partial charge in [-0.2, -0.15) is 0 Å². The SMILES string of the molecule is Clc1nc(-c2ccccc2)c2sc3ccccc3c2n1.c1ccc(-c2nc(-n3c4ccccc4c4c5ccccc5c5c6ccccc6sc5c43)nc3c2sc2ccccc23)cc1.c1ccc2c(c1)Cc1c-2c2ccccc2c2c1sc1ccccc12. The first kappa shape index (κ1) is 50.6. The molecule has 1 aliphatic carbocycles. The fraction of sp³-hybridized carbons (Fsp3) is 0.0130. The number of halogens is 1. The lowest BCUT2D eigenvalue weighted by atomic mass is 9.94. The zero-order valence-electron chi connectivity index (χ0n) is 46.2. The van der Waals surface area contributed by atoms with Crippen LogP contribution in [0.1, 0.15) is 11.1 Å². The van der Waals surface area contributed by atoms with Crippen molar-refractivity contribution in [3.63, 3.8) is 0 Å². The summed E-state index contributed by atoms with van der Waals surface area (Å²) in [4.78, 5) is 19.7. The maximum Gasteiger partial charge on any atom is 0.235 e. The number of thiophene rings is 4. The lowest BCUT2D eigenvalue weighted by Gasteiger charge is -2.11. The molecule has 0 N–H and O–H groups in total. The van der Waals surface area contributed by atoms with Crippen LogP contribution in [0, 0.1) is 0 Å². The van der Waals surface area contributed by atoms with E-state index in [0.717, 1.165) is 60.3 Å². The molecule has 0 saturated heterocycles. The van der Waals surface area contributed by atoms with E-state index in [2.05, 4.69) is 227 Å². The zero-order valence-corrected chi connectivity index (χ0v) is 50.2. The highest BCUT2D eigenvalue weighted by molar-refractivity contribution is 7.27. The van der Waals surface area contributed by atoms with Gasteiger partial charge in [0, 0.05) is 84.1 Å². The zero-order chi connectivity index (χ0) is 57.3. The maximum atomic E-state index is 6.11. The van der Waals surface area contributed by atoms with Crippen LogP contribution in [0.2, 0.25) is 5.28 Å². The van der Waals surface area contributed by atoms with E-state index in [-0.39, 0.29) is 0 Å². The topological polar surface area (TPSA) is 56.5 Å². The summed E-state index contributed by atoms with van der Waals surface area (Å²) in [7, 11) is 0. The molecule has 10 heteroatoms. The van der Waals surface area contributed by atoms with Crippen LogP contribution in [0.3, 0.4) is 0 Å². The Kier molecular flexibility index (Phi) is 11.8. The van der Waals surface area contributed by atoms with Gasteiger partial charge in [-0.05, 0) is 85.7 Å². The van der Waals surface area contributed by atoms with Crippen LogP contribution in [0.15, 0.2) is 255 Å². The molecule has 0 spiro atoms. The molecule has 0 bridgehead atoms. The number of para-hydroxylation sites is 1. The quantitative estimate of drug-likeness (QED) is 0.165. The normalized spacial score (nSPS) is 12.1. The van der Waals surface area contributed by atoms with Crippen molar-refractivity contribution in [2.24, 2.45) is 0 Å². The van der Waals surface area contributed by atoms with Crippen LogP contribution in [0.5, 0.6) is 0 Å². The average molecular weight is 1200 g/mol. The van der Waals surface area contributed by atoms with Gasteiger partial charge in [-0.3, -0.25) is 4.57 Å². The number of aromatic nitrogens is 5. The Morgan fingerprint density at radius 2 is 0.759 bits per heavy atom. The van der Waals surface area contributed by atoms with Gasteiger partial charge in [0.05, 0.1) is 47.6 Å². The smallest absolute Gasteiger partial charge is 0.235 e. The monoisotopic (exact) mass is 1200 g/mol. The molecule has 7 aromatic heterocycles. The first-order valence-corrected chi connectivity index (χ1v) is 32.6. The van der Waals surface area contributed by atoms with Crippen molar-refractivity contribution in [3.8, 4) is 39.6 Å². The first-order chi connectivity index (χ1) is 43.1. The van der Waals surface area contributed by atoms with Crippen molar-refractivity contribution in [3.05, 3.63) is 271 Å². The van der Waals surface area contributed by atoms with Crippen molar-refractivity contribution in [1.29, 1.82) is 0 Å². The van der Waals surface area contributed by atoms with Crippen molar-refractivity contribution >= 4 is 181 Å². The second kappa shape index (κ2) is 20.2. The molecular formula is C77H44ClN5S4. The Bertz CT molecular complexity index is 6020. The van der Waals surface area contributed by atoms with Crippen LogP contribution in [-0.4, -0.2) is 24.5 Å². The molecule has 7 heterocycles. The van der Waals surface area contributed by atoms with E-state index in [1.807, 2.05) is 65.1 Å². The van der Waals surface area contributed by atoms with Gasteiger partial charge in [0.2, 0.25) is 11.2 Å². The molecule has 0 amide bonds. The summed E-state index contributed by atoms with van der Waals surface area (Å²) < 4.78 is 12.4. The molecule has 5 nitrogen and oxygen atoms in total. The van der Waals surface area contributed by atoms with Gasteiger partial charge in [-0.15, -0.1) is 45.3 Å². The van der Waals surface area contributed by atoms with Crippen molar-refractivity contribution < 1.29 is 0 Å². The van der Waals surface area contributed by atoms with Gasteiger partial charge < -0.3 is 0 Å². The molecule has 0 saturated carbocycles. The van der Waals surface area contributed by atoms with Gasteiger partial charge in [0.25, 0.3) is 0 Å². The van der Waals surface area contributed by atoms with E-state index in [9.17, 15) is 0 Å². The van der Waals surface area contributed by atoms with E-state index >= 15 is 0 Å². The molecule has 0 fully saturated rings. The standard InChI is InChI=1S/C38H21N3S2.C23H14S.C16H9ClN2S/c1-2-12-22(13-3-1)33-37-34(27-18-8-11-21-30(27)43-37)40-38(39-33)41-28-19-9-6-16-25(28)31-23-14-4-5-15-24(23)32-26-17-7-10-20-29(26)42-36(32)35(31)41;1-2-8-15-14(7-1)13-19-21(15)16-9-3-4-10-17(16)22-18-11-5-6-12-20(18)24-23(19)22;17-16-18-13(10-6-2-1-3-7-10)15-14(19-16)11-8-4-5-9-12(11)20-15/h1-21H;1-12H,13H2;1-9H. The molecular weight excluding hydrogens is 1160 g/mol.